The predicted molar refractivity (Wildman–Crippen MR) is 144 cm³/mol. The zero-order valence-corrected chi connectivity index (χ0v) is 22.9. The Morgan fingerprint density at radius 3 is 1.44 bits per heavy atom. The number of ketones is 1. The van der Waals surface area contributed by atoms with Crippen LogP contribution in [0.2, 0.25) is 0 Å². The molecule has 0 aromatic heterocycles. The molecule has 194 valence electrons. The lowest BCUT2D eigenvalue weighted by Crippen LogP contribution is -2.60. The predicted octanol–water partition coefficient (Wildman–Crippen LogP) is 9.92. The molecule has 1 nitrogen and oxygen atoms in total. The first-order valence-electron chi connectivity index (χ1n) is 16.1. The van der Waals surface area contributed by atoms with E-state index < -0.39 is 0 Å². The monoisotopic (exact) mass is 468 g/mol. The summed E-state index contributed by atoms with van der Waals surface area (Å²) in [7, 11) is 0. The van der Waals surface area contributed by atoms with E-state index in [9.17, 15) is 4.79 Å². The van der Waals surface area contributed by atoms with Crippen molar-refractivity contribution >= 4 is 5.78 Å². The molecule has 5 fully saturated rings. The number of Topliss-reactive ketones (excluding diaryl/α,β-unsaturated/α-hetero) is 1. The van der Waals surface area contributed by atoms with Crippen molar-refractivity contribution in [1.29, 1.82) is 0 Å². The van der Waals surface area contributed by atoms with Gasteiger partial charge in [-0.1, -0.05) is 71.6 Å². The fourth-order valence-electron chi connectivity index (χ4n) is 10.1. The summed E-state index contributed by atoms with van der Waals surface area (Å²) in [6, 6.07) is 0. The highest BCUT2D eigenvalue weighted by Crippen LogP contribution is 2.65. The van der Waals surface area contributed by atoms with Crippen molar-refractivity contribution in [3.63, 3.8) is 0 Å². The molecule has 0 atom stereocenters. The first kappa shape index (κ1) is 25.3. The molecule has 5 saturated carbocycles. The van der Waals surface area contributed by atoms with Gasteiger partial charge in [0.15, 0.2) is 0 Å². The minimum Gasteiger partial charge on any atom is -0.298 e. The maximum Gasteiger partial charge on any atom is 0.145 e. The summed E-state index contributed by atoms with van der Waals surface area (Å²) in [5.74, 6) is 6.66. The summed E-state index contributed by atoms with van der Waals surface area (Å²) in [5.41, 5.74) is 0.278. The molecule has 0 aliphatic heterocycles. The minimum atomic E-state index is 0.139. The van der Waals surface area contributed by atoms with Gasteiger partial charge in [-0.15, -0.1) is 0 Å². The molecule has 0 bridgehead atoms. The lowest BCUT2D eigenvalue weighted by molar-refractivity contribution is -0.170. The van der Waals surface area contributed by atoms with Crippen molar-refractivity contribution in [2.75, 3.05) is 0 Å². The number of hydrogen-bond acceptors (Lipinski definition) is 1. The van der Waals surface area contributed by atoms with E-state index in [1.807, 2.05) is 0 Å². The first-order chi connectivity index (χ1) is 16.6. The number of rotatable bonds is 7. The normalized spacial score (nSPS) is 45.4. The molecule has 5 aliphatic rings. The number of carbonyl (C=O) groups is 1. The maximum atomic E-state index is 13.7. The zero-order chi connectivity index (χ0) is 23.6. The summed E-state index contributed by atoms with van der Waals surface area (Å²) in [6.07, 6.45) is 30.8. The Balaban J connectivity index is 1.04. The standard InChI is InChI=1S/C33H56O/c1-3-5-6-7-26-10-14-28(15-11-26)30-18-22-33(23-19-30)24-32(31(33)34)20-16-29(17-21-32)27-12-8-25(4-2)9-13-27/h25-30H,3-24H2,1-2H3/t25?,26?,27?,28?,29-,30?,32-,33-. The van der Waals surface area contributed by atoms with Crippen LogP contribution in [0.25, 0.3) is 0 Å². The fourth-order valence-corrected chi connectivity index (χ4v) is 10.1. The molecule has 0 radical (unpaired) electrons. The van der Waals surface area contributed by atoms with E-state index in [-0.39, 0.29) is 10.8 Å². The van der Waals surface area contributed by atoms with Crippen molar-refractivity contribution in [2.24, 2.45) is 46.3 Å². The Labute approximate surface area is 212 Å². The highest BCUT2D eigenvalue weighted by atomic mass is 16.1. The van der Waals surface area contributed by atoms with E-state index in [2.05, 4.69) is 13.8 Å². The number of unbranched alkanes of at least 4 members (excludes halogenated alkanes) is 2. The van der Waals surface area contributed by atoms with E-state index in [1.165, 1.54) is 141 Å². The van der Waals surface area contributed by atoms with Crippen LogP contribution in [0.3, 0.4) is 0 Å². The van der Waals surface area contributed by atoms with Crippen molar-refractivity contribution in [2.45, 2.75) is 155 Å². The Bertz CT molecular complexity index is 646. The largest absolute Gasteiger partial charge is 0.298 e. The van der Waals surface area contributed by atoms with E-state index in [0.717, 1.165) is 41.3 Å². The Hall–Kier alpha value is -0.330. The quantitative estimate of drug-likeness (QED) is 0.340. The van der Waals surface area contributed by atoms with E-state index in [1.54, 1.807) is 0 Å². The molecule has 0 aromatic rings. The average molecular weight is 469 g/mol. The first-order valence-corrected chi connectivity index (χ1v) is 16.1. The van der Waals surface area contributed by atoms with Crippen molar-refractivity contribution in [3.05, 3.63) is 0 Å². The molecular weight excluding hydrogens is 412 g/mol. The molecule has 2 spiro atoms. The van der Waals surface area contributed by atoms with Crippen LogP contribution in [0.5, 0.6) is 0 Å². The average Bonchev–Trinajstić information content (AvgIpc) is 2.90. The highest BCUT2D eigenvalue weighted by molar-refractivity contribution is 5.96. The summed E-state index contributed by atoms with van der Waals surface area (Å²) < 4.78 is 0. The van der Waals surface area contributed by atoms with Crippen LogP contribution < -0.4 is 0 Å². The van der Waals surface area contributed by atoms with Gasteiger partial charge in [0.2, 0.25) is 0 Å². The van der Waals surface area contributed by atoms with Crippen LogP contribution in [-0.4, -0.2) is 5.78 Å². The molecule has 0 N–H and O–H groups in total. The third-order valence-corrected chi connectivity index (χ3v) is 12.5. The lowest BCUT2D eigenvalue weighted by atomic mass is 9.42. The molecule has 5 aliphatic carbocycles. The SMILES string of the molecule is CCCCCC1CCC(C2CC[C@]3(CC2)C[C@@]2(CC[C@H](C4CCC(CC)CC4)CC2)C3=O)CC1. The van der Waals surface area contributed by atoms with Gasteiger partial charge in [-0.2, -0.15) is 0 Å². The van der Waals surface area contributed by atoms with Gasteiger partial charge in [0.25, 0.3) is 0 Å². The van der Waals surface area contributed by atoms with Gasteiger partial charge in [0.1, 0.15) is 5.78 Å². The van der Waals surface area contributed by atoms with Crippen molar-refractivity contribution in [3.8, 4) is 0 Å². The molecule has 0 saturated heterocycles. The molecule has 0 heterocycles. The van der Waals surface area contributed by atoms with Gasteiger partial charge in [-0.3, -0.25) is 4.79 Å². The van der Waals surface area contributed by atoms with Crippen LogP contribution in [0.1, 0.15) is 155 Å². The summed E-state index contributed by atoms with van der Waals surface area (Å²) in [4.78, 5) is 13.7. The molecule has 5 rings (SSSR count). The number of carbonyl (C=O) groups excluding carboxylic acids is 1. The molecular formula is C33H56O. The zero-order valence-electron chi connectivity index (χ0n) is 22.9. The van der Waals surface area contributed by atoms with Gasteiger partial charge in [0, 0.05) is 10.8 Å². The topological polar surface area (TPSA) is 17.1 Å². The molecule has 34 heavy (non-hydrogen) atoms. The third-order valence-electron chi connectivity index (χ3n) is 12.5. The number of hydrogen-bond donors (Lipinski definition) is 0. The maximum absolute atomic E-state index is 13.7. The smallest absolute Gasteiger partial charge is 0.145 e. The van der Waals surface area contributed by atoms with Crippen molar-refractivity contribution < 1.29 is 4.79 Å². The Kier molecular flexibility index (Phi) is 8.17. The minimum absolute atomic E-state index is 0.139. The summed E-state index contributed by atoms with van der Waals surface area (Å²) >= 11 is 0. The van der Waals surface area contributed by atoms with E-state index >= 15 is 0 Å². The summed E-state index contributed by atoms with van der Waals surface area (Å²) in [5, 5.41) is 0. The van der Waals surface area contributed by atoms with Gasteiger partial charge in [-0.05, 0) is 119 Å². The van der Waals surface area contributed by atoms with Gasteiger partial charge in [-0.25, -0.2) is 0 Å². The second-order valence-corrected chi connectivity index (χ2v) is 14.2. The molecule has 1 heteroatoms. The second kappa shape index (κ2) is 11.0. The van der Waals surface area contributed by atoms with E-state index in [4.69, 9.17) is 0 Å². The van der Waals surface area contributed by atoms with Crippen LogP contribution in [0.4, 0.5) is 0 Å². The Morgan fingerprint density at radius 2 is 1.03 bits per heavy atom. The third kappa shape index (κ3) is 5.07. The fraction of sp³-hybridized carbons (Fsp3) is 0.970. The van der Waals surface area contributed by atoms with Gasteiger partial charge >= 0.3 is 0 Å². The van der Waals surface area contributed by atoms with Crippen LogP contribution in [0.15, 0.2) is 0 Å². The highest BCUT2D eigenvalue weighted by Gasteiger charge is 2.63. The molecule has 0 unspecified atom stereocenters. The van der Waals surface area contributed by atoms with Crippen LogP contribution in [-0.2, 0) is 4.79 Å². The van der Waals surface area contributed by atoms with Crippen LogP contribution >= 0.6 is 0 Å². The molecule has 0 aromatic carbocycles. The van der Waals surface area contributed by atoms with Gasteiger partial charge in [0.05, 0.1) is 0 Å². The van der Waals surface area contributed by atoms with Gasteiger partial charge < -0.3 is 0 Å². The van der Waals surface area contributed by atoms with Crippen molar-refractivity contribution in [1.82, 2.24) is 0 Å². The van der Waals surface area contributed by atoms with E-state index in [0.29, 0.717) is 0 Å². The lowest BCUT2D eigenvalue weighted by Gasteiger charge is -2.60. The summed E-state index contributed by atoms with van der Waals surface area (Å²) in [6.45, 7) is 4.70. The second-order valence-electron chi connectivity index (χ2n) is 14.2. The molecule has 0 amide bonds. The Morgan fingerprint density at radius 1 is 0.588 bits per heavy atom. The van der Waals surface area contributed by atoms with Crippen LogP contribution in [0, 0.1) is 46.3 Å².